The van der Waals surface area contributed by atoms with Crippen molar-refractivity contribution in [3.63, 3.8) is 0 Å². The standard InChI is InChI=1S/C12H11ClO4/c1-12(11(15)16-2)6-7-5-8(13)3-4-9(7)10(14)17-12/h3-5H,6H2,1-2H3. The van der Waals surface area contributed by atoms with Crippen molar-refractivity contribution in [1.29, 1.82) is 0 Å². The molecule has 90 valence electrons. The predicted molar refractivity (Wildman–Crippen MR) is 61.0 cm³/mol. The summed E-state index contributed by atoms with van der Waals surface area (Å²) in [4.78, 5) is 23.4. The highest BCUT2D eigenvalue weighted by atomic mass is 35.5. The lowest BCUT2D eigenvalue weighted by Gasteiger charge is -2.31. The third-order valence-electron chi connectivity index (χ3n) is 2.75. The molecule has 0 aromatic heterocycles. The van der Waals surface area contributed by atoms with E-state index >= 15 is 0 Å². The van der Waals surface area contributed by atoms with Crippen LogP contribution >= 0.6 is 11.6 Å². The first kappa shape index (κ1) is 11.9. The molecule has 1 unspecified atom stereocenters. The molecule has 0 radical (unpaired) electrons. The first-order valence-electron chi connectivity index (χ1n) is 5.06. The molecule has 0 saturated heterocycles. The maximum absolute atomic E-state index is 11.8. The van der Waals surface area contributed by atoms with Gasteiger partial charge in [0.05, 0.1) is 12.7 Å². The fourth-order valence-electron chi connectivity index (χ4n) is 1.90. The molecule has 5 heteroatoms. The normalized spacial score (nSPS) is 22.6. The molecule has 1 aromatic carbocycles. The molecule has 4 nitrogen and oxygen atoms in total. The Morgan fingerprint density at radius 1 is 1.53 bits per heavy atom. The van der Waals surface area contributed by atoms with Crippen molar-refractivity contribution < 1.29 is 19.1 Å². The Morgan fingerprint density at radius 2 is 2.24 bits per heavy atom. The SMILES string of the molecule is COC(=O)C1(C)Cc2cc(Cl)ccc2C(=O)O1. The van der Waals surface area contributed by atoms with Gasteiger partial charge in [-0.1, -0.05) is 11.6 Å². The summed E-state index contributed by atoms with van der Waals surface area (Å²) in [7, 11) is 1.26. The zero-order valence-corrected chi connectivity index (χ0v) is 10.2. The van der Waals surface area contributed by atoms with Crippen molar-refractivity contribution in [2.75, 3.05) is 7.11 Å². The Morgan fingerprint density at radius 3 is 2.88 bits per heavy atom. The summed E-state index contributed by atoms with van der Waals surface area (Å²) < 4.78 is 9.77. The number of rotatable bonds is 1. The number of ether oxygens (including phenoxy) is 2. The van der Waals surface area contributed by atoms with Crippen LogP contribution in [0.5, 0.6) is 0 Å². The topological polar surface area (TPSA) is 52.6 Å². The molecular formula is C12H11ClO4. The average molecular weight is 255 g/mol. The van der Waals surface area contributed by atoms with E-state index in [0.29, 0.717) is 16.1 Å². The average Bonchev–Trinajstić information content (AvgIpc) is 2.26. The highest BCUT2D eigenvalue weighted by Crippen LogP contribution is 2.30. The number of carbonyl (C=O) groups excluding carboxylic acids is 2. The smallest absolute Gasteiger partial charge is 0.350 e. The van der Waals surface area contributed by atoms with Crippen molar-refractivity contribution in [2.45, 2.75) is 18.9 Å². The van der Waals surface area contributed by atoms with E-state index in [1.165, 1.54) is 14.0 Å². The van der Waals surface area contributed by atoms with Gasteiger partial charge in [-0.2, -0.15) is 0 Å². The fourth-order valence-corrected chi connectivity index (χ4v) is 2.09. The molecule has 0 spiro atoms. The van der Waals surface area contributed by atoms with Gasteiger partial charge < -0.3 is 9.47 Å². The first-order chi connectivity index (χ1) is 7.96. The quantitative estimate of drug-likeness (QED) is 0.719. The van der Waals surface area contributed by atoms with E-state index < -0.39 is 17.5 Å². The third-order valence-corrected chi connectivity index (χ3v) is 2.99. The molecule has 0 amide bonds. The summed E-state index contributed by atoms with van der Waals surface area (Å²) in [5.41, 5.74) is -0.138. The van der Waals surface area contributed by atoms with Gasteiger partial charge in [-0.15, -0.1) is 0 Å². The number of benzene rings is 1. The van der Waals surface area contributed by atoms with E-state index in [-0.39, 0.29) is 6.42 Å². The minimum absolute atomic E-state index is 0.265. The summed E-state index contributed by atoms with van der Waals surface area (Å²) in [5.74, 6) is -1.10. The molecule has 1 aliphatic rings. The van der Waals surface area contributed by atoms with Gasteiger partial charge in [0.15, 0.2) is 0 Å². The molecule has 1 heterocycles. The van der Waals surface area contributed by atoms with Gasteiger partial charge in [0.25, 0.3) is 0 Å². The summed E-state index contributed by atoms with van der Waals surface area (Å²) in [6.45, 7) is 1.53. The maximum atomic E-state index is 11.8. The van der Waals surface area contributed by atoms with Gasteiger partial charge in [0, 0.05) is 11.4 Å². The molecule has 17 heavy (non-hydrogen) atoms. The lowest BCUT2D eigenvalue weighted by atomic mass is 9.90. The van der Waals surface area contributed by atoms with Crippen molar-refractivity contribution >= 4 is 23.5 Å². The van der Waals surface area contributed by atoms with Gasteiger partial charge in [0.2, 0.25) is 5.60 Å². The van der Waals surface area contributed by atoms with E-state index in [1.807, 2.05) is 0 Å². The van der Waals surface area contributed by atoms with Crippen LogP contribution in [0.3, 0.4) is 0 Å². The minimum Gasteiger partial charge on any atom is -0.466 e. The zero-order chi connectivity index (χ0) is 12.6. The molecular weight excluding hydrogens is 244 g/mol. The van der Waals surface area contributed by atoms with Crippen LogP contribution in [-0.4, -0.2) is 24.6 Å². The second kappa shape index (κ2) is 4.04. The van der Waals surface area contributed by atoms with E-state index in [0.717, 1.165) is 0 Å². The van der Waals surface area contributed by atoms with E-state index in [9.17, 15) is 9.59 Å². The second-order valence-electron chi connectivity index (χ2n) is 4.09. The molecule has 0 N–H and O–H groups in total. The van der Waals surface area contributed by atoms with E-state index in [1.54, 1.807) is 18.2 Å². The third kappa shape index (κ3) is 2.00. The molecule has 2 rings (SSSR count). The molecule has 0 saturated carbocycles. The largest absolute Gasteiger partial charge is 0.466 e. The van der Waals surface area contributed by atoms with Crippen LogP contribution < -0.4 is 0 Å². The van der Waals surface area contributed by atoms with Gasteiger partial charge in [-0.3, -0.25) is 0 Å². The van der Waals surface area contributed by atoms with Gasteiger partial charge in [-0.25, -0.2) is 9.59 Å². The monoisotopic (exact) mass is 254 g/mol. The minimum atomic E-state index is -1.27. The summed E-state index contributed by atoms with van der Waals surface area (Å²) in [5, 5.41) is 0.519. The van der Waals surface area contributed by atoms with Crippen LogP contribution in [0.25, 0.3) is 0 Å². The fraction of sp³-hybridized carbons (Fsp3) is 0.333. The molecule has 1 atom stereocenters. The molecule has 0 bridgehead atoms. The highest BCUT2D eigenvalue weighted by Gasteiger charge is 2.43. The second-order valence-corrected chi connectivity index (χ2v) is 4.53. The van der Waals surface area contributed by atoms with Crippen LogP contribution in [0, 0.1) is 0 Å². The number of cyclic esters (lactones) is 1. The Balaban J connectivity index is 2.45. The van der Waals surface area contributed by atoms with Gasteiger partial charge in [-0.05, 0) is 30.7 Å². The zero-order valence-electron chi connectivity index (χ0n) is 9.45. The summed E-state index contributed by atoms with van der Waals surface area (Å²) in [6, 6.07) is 4.87. The summed E-state index contributed by atoms with van der Waals surface area (Å²) >= 11 is 5.86. The Labute approximate surface area is 103 Å². The number of carbonyl (C=O) groups is 2. The Hall–Kier alpha value is -1.55. The van der Waals surface area contributed by atoms with Crippen LogP contribution in [0.1, 0.15) is 22.8 Å². The lowest BCUT2D eigenvalue weighted by Crippen LogP contribution is -2.46. The van der Waals surface area contributed by atoms with Crippen LogP contribution in [0.2, 0.25) is 5.02 Å². The predicted octanol–water partition coefficient (Wildman–Crippen LogP) is 1.98. The molecule has 0 aliphatic carbocycles. The lowest BCUT2D eigenvalue weighted by molar-refractivity contribution is -0.161. The molecule has 1 aromatic rings. The number of hydrogen-bond acceptors (Lipinski definition) is 4. The number of methoxy groups -OCH3 is 1. The number of esters is 2. The maximum Gasteiger partial charge on any atom is 0.350 e. The number of hydrogen-bond donors (Lipinski definition) is 0. The van der Waals surface area contributed by atoms with Crippen LogP contribution in [0.4, 0.5) is 0 Å². The van der Waals surface area contributed by atoms with Crippen molar-refractivity contribution in [1.82, 2.24) is 0 Å². The van der Waals surface area contributed by atoms with Crippen LogP contribution in [-0.2, 0) is 20.7 Å². The molecule has 1 aliphatic heterocycles. The van der Waals surface area contributed by atoms with E-state index in [2.05, 4.69) is 4.74 Å². The van der Waals surface area contributed by atoms with Crippen molar-refractivity contribution in [3.8, 4) is 0 Å². The number of fused-ring (bicyclic) bond motifs is 1. The van der Waals surface area contributed by atoms with Crippen molar-refractivity contribution in [3.05, 3.63) is 34.3 Å². The van der Waals surface area contributed by atoms with E-state index in [4.69, 9.17) is 16.3 Å². The van der Waals surface area contributed by atoms with Gasteiger partial charge in [0.1, 0.15) is 0 Å². The van der Waals surface area contributed by atoms with Gasteiger partial charge >= 0.3 is 11.9 Å². The number of halogens is 1. The Kier molecular flexibility index (Phi) is 2.83. The highest BCUT2D eigenvalue weighted by molar-refractivity contribution is 6.30. The Bertz CT molecular complexity index is 497. The molecule has 0 fully saturated rings. The first-order valence-corrected chi connectivity index (χ1v) is 5.44. The van der Waals surface area contributed by atoms with Crippen molar-refractivity contribution in [2.24, 2.45) is 0 Å². The van der Waals surface area contributed by atoms with Crippen LogP contribution in [0.15, 0.2) is 18.2 Å². The summed E-state index contributed by atoms with van der Waals surface area (Å²) in [6.07, 6.45) is 0.265.